The number of fused-ring (bicyclic) bond motifs is 7. The average molecular weight is 328 g/mol. The van der Waals surface area contributed by atoms with Gasteiger partial charge >= 0.3 is 5.63 Å². The van der Waals surface area contributed by atoms with Crippen LogP contribution >= 0.6 is 0 Å². The maximum absolute atomic E-state index is 12.6. The molecule has 0 unspecified atom stereocenters. The molecule has 0 radical (unpaired) electrons. The molecule has 25 heavy (non-hydrogen) atoms. The summed E-state index contributed by atoms with van der Waals surface area (Å²) in [5.74, 6) is 0.847. The van der Waals surface area contributed by atoms with Crippen molar-refractivity contribution >= 4 is 21.7 Å². The zero-order chi connectivity index (χ0) is 17.0. The molecule has 0 N–H and O–H groups in total. The second-order valence-corrected chi connectivity index (χ2v) is 6.43. The minimum Gasteiger partial charge on any atom is -0.497 e. The molecule has 1 aromatic heterocycles. The molecule has 122 valence electrons. The molecule has 3 nitrogen and oxygen atoms in total. The van der Waals surface area contributed by atoms with Gasteiger partial charge in [-0.3, -0.25) is 0 Å². The number of rotatable bonds is 1. The molecular weight excluding hydrogens is 312 g/mol. The standard InChI is InChI=1S/C22H16O3/c1-24-15-8-10-17-14(12-15)6-9-18-20(17)21-16-5-3-2-4-13(16)7-11-19(21)25-22(18)23/h2-5,7-8,10-12H,6,9H2,1H3. The Morgan fingerprint density at radius 2 is 1.88 bits per heavy atom. The maximum atomic E-state index is 12.6. The lowest BCUT2D eigenvalue weighted by atomic mass is 9.83. The van der Waals surface area contributed by atoms with Crippen molar-refractivity contribution in [1.29, 1.82) is 0 Å². The lowest BCUT2D eigenvalue weighted by Gasteiger charge is -2.21. The van der Waals surface area contributed by atoms with Crippen molar-refractivity contribution in [1.82, 2.24) is 0 Å². The molecule has 4 aromatic rings. The van der Waals surface area contributed by atoms with Gasteiger partial charge in [0.1, 0.15) is 11.3 Å². The molecule has 0 saturated heterocycles. The van der Waals surface area contributed by atoms with Crippen LogP contribution in [0.5, 0.6) is 5.75 Å². The fourth-order valence-electron chi connectivity index (χ4n) is 3.94. The second kappa shape index (κ2) is 5.21. The third-order valence-electron chi connectivity index (χ3n) is 5.12. The molecule has 1 aliphatic carbocycles. The van der Waals surface area contributed by atoms with Gasteiger partial charge in [-0.25, -0.2) is 4.79 Å². The maximum Gasteiger partial charge on any atom is 0.340 e. The molecule has 5 rings (SSSR count). The summed E-state index contributed by atoms with van der Waals surface area (Å²) in [5.41, 5.74) is 4.54. The number of ether oxygens (including phenoxy) is 1. The van der Waals surface area contributed by atoms with Crippen LogP contribution in [-0.2, 0) is 12.8 Å². The smallest absolute Gasteiger partial charge is 0.340 e. The van der Waals surface area contributed by atoms with E-state index in [-0.39, 0.29) is 5.63 Å². The summed E-state index contributed by atoms with van der Waals surface area (Å²) < 4.78 is 11.0. The fraction of sp³-hybridized carbons (Fsp3) is 0.136. The van der Waals surface area contributed by atoms with Crippen molar-refractivity contribution in [3.63, 3.8) is 0 Å². The molecule has 0 fully saturated rings. The largest absolute Gasteiger partial charge is 0.497 e. The van der Waals surface area contributed by atoms with Crippen LogP contribution in [-0.4, -0.2) is 7.11 Å². The first-order valence-electron chi connectivity index (χ1n) is 8.41. The molecule has 3 aromatic carbocycles. The number of aryl methyl sites for hydroxylation is 1. The van der Waals surface area contributed by atoms with Gasteiger partial charge in [-0.1, -0.05) is 36.4 Å². The van der Waals surface area contributed by atoms with E-state index in [1.807, 2.05) is 30.3 Å². The van der Waals surface area contributed by atoms with E-state index in [0.29, 0.717) is 12.0 Å². The Morgan fingerprint density at radius 3 is 2.76 bits per heavy atom. The predicted molar refractivity (Wildman–Crippen MR) is 99.4 cm³/mol. The van der Waals surface area contributed by atoms with Crippen molar-refractivity contribution in [2.75, 3.05) is 7.11 Å². The van der Waals surface area contributed by atoms with Crippen molar-refractivity contribution in [2.45, 2.75) is 12.8 Å². The van der Waals surface area contributed by atoms with Crippen LogP contribution in [0.25, 0.3) is 32.9 Å². The van der Waals surface area contributed by atoms with Crippen LogP contribution in [0.4, 0.5) is 0 Å². The summed E-state index contributed by atoms with van der Waals surface area (Å²) in [6.07, 6.45) is 1.51. The average Bonchev–Trinajstić information content (AvgIpc) is 2.66. The highest BCUT2D eigenvalue weighted by molar-refractivity contribution is 6.13. The van der Waals surface area contributed by atoms with Gasteiger partial charge in [0.25, 0.3) is 0 Å². The van der Waals surface area contributed by atoms with Gasteiger partial charge in [-0.15, -0.1) is 0 Å². The van der Waals surface area contributed by atoms with E-state index in [2.05, 4.69) is 24.3 Å². The number of hydrogen-bond donors (Lipinski definition) is 0. The highest BCUT2D eigenvalue weighted by Gasteiger charge is 2.24. The van der Waals surface area contributed by atoms with Crippen molar-refractivity contribution < 1.29 is 9.15 Å². The van der Waals surface area contributed by atoms with Gasteiger partial charge in [0.2, 0.25) is 0 Å². The predicted octanol–water partition coefficient (Wildman–Crippen LogP) is 4.72. The monoisotopic (exact) mass is 328 g/mol. The van der Waals surface area contributed by atoms with Crippen molar-refractivity contribution in [3.8, 4) is 16.9 Å². The Bertz CT molecular complexity index is 1200. The van der Waals surface area contributed by atoms with E-state index in [9.17, 15) is 4.79 Å². The Balaban J connectivity index is 1.98. The zero-order valence-corrected chi connectivity index (χ0v) is 13.8. The van der Waals surface area contributed by atoms with Crippen LogP contribution in [0.15, 0.2) is 63.8 Å². The van der Waals surface area contributed by atoms with Crippen molar-refractivity contribution in [2.24, 2.45) is 0 Å². The van der Waals surface area contributed by atoms with E-state index in [0.717, 1.165) is 45.0 Å². The van der Waals surface area contributed by atoms with Gasteiger partial charge in [-0.2, -0.15) is 0 Å². The zero-order valence-electron chi connectivity index (χ0n) is 13.8. The molecule has 3 heteroatoms. The third kappa shape index (κ3) is 2.02. The molecule has 0 atom stereocenters. The van der Waals surface area contributed by atoms with Crippen LogP contribution in [0.1, 0.15) is 11.1 Å². The number of benzene rings is 3. The highest BCUT2D eigenvalue weighted by Crippen LogP contribution is 2.41. The van der Waals surface area contributed by atoms with Gasteiger partial charge in [-0.05, 0) is 52.9 Å². The minimum atomic E-state index is -0.223. The summed E-state index contributed by atoms with van der Waals surface area (Å²) in [6.45, 7) is 0. The first kappa shape index (κ1) is 14.3. The lowest BCUT2D eigenvalue weighted by Crippen LogP contribution is -2.15. The van der Waals surface area contributed by atoms with Gasteiger partial charge < -0.3 is 9.15 Å². The van der Waals surface area contributed by atoms with Crippen LogP contribution in [0, 0.1) is 0 Å². The Labute approximate surface area is 144 Å². The molecule has 1 heterocycles. The van der Waals surface area contributed by atoms with Gasteiger partial charge in [0.15, 0.2) is 0 Å². The summed E-state index contributed by atoms with van der Waals surface area (Å²) in [5, 5.41) is 3.29. The van der Waals surface area contributed by atoms with E-state index < -0.39 is 0 Å². The Kier molecular flexibility index (Phi) is 2.98. The van der Waals surface area contributed by atoms with E-state index in [1.54, 1.807) is 7.11 Å². The van der Waals surface area contributed by atoms with E-state index in [4.69, 9.17) is 9.15 Å². The number of hydrogen-bond acceptors (Lipinski definition) is 3. The second-order valence-electron chi connectivity index (χ2n) is 6.43. The fourth-order valence-corrected chi connectivity index (χ4v) is 3.94. The third-order valence-corrected chi connectivity index (χ3v) is 5.12. The first-order chi connectivity index (χ1) is 12.3. The molecule has 0 bridgehead atoms. The topological polar surface area (TPSA) is 39.4 Å². The number of methoxy groups -OCH3 is 1. The quantitative estimate of drug-likeness (QED) is 0.375. The molecule has 0 spiro atoms. The van der Waals surface area contributed by atoms with Crippen LogP contribution < -0.4 is 10.4 Å². The van der Waals surface area contributed by atoms with Crippen LogP contribution in [0.3, 0.4) is 0 Å². The van der Waals surface area contributed by atoms with Gasteiger partial charge in [0.05, 0.1) is 7.11 Å². The summed E-state index contributed by atoms with van der Waals surface area (Å²) in [6, 6.07) is 18.2. The minimum absolute atomic E-state index is 0.223. The Hall–Kier alpha value is -3.07. The Morgan fingerprint density at radius 1 is 1.00 bits per heavy atom. The van der Waals surface area contributed by atoms with E-state index >= 15 is 0 Å². The normalized spacial score (nSPS) is 12.8. The van der Waals surface area contributed by atoms with Crippen molar-refractivity contribution in [3.05, 3.63) is 76.1 Å². The first-order valence-corrected chi connectivity index (χ1v) is 8.41. The molecule has 1 aliphatic rings. The highest BCUT2D eigenvalue weighted by atomic mass is 16.5. The van der Waals surface area contributed by atoms with Gasteiger partial charge in [0, 0.05) is 16.5 Å². The van der Waals surface area contributed by atoms with Crippen LogP contribution in [0.2, 0.25) is 0 Å². The molecular formula is C22H16O3. The molecule has 0 saturated carbocycles. The summed E-state index contributed by atoms with van der Waals surface area (Å²) in [4.78, 5) is 12.6. The summed E-state index contributed by atoms with van der Waals surface area (Å²) >= 11 is 0. The lowest BCUT2D eigenvalue weighted by molar-refractivity contribution is 0.414. The summed E-state index contributed by atoms with van der Waals surface area (Å²) in [7, 11) is 1.68. The SMILES string of the molecule is COc1ccc2c(c1)CCc1c-2c2c(ccc3ccccc32)oc1=O. The van der Waals surface area contributed by atoms with E-state index in [1.165, 1.54) is 5.56 Å². The molecule has 0 aliphatic heterocycles. The molecule has 0 amide bonds.